The van der Waals surface area contributed by atoms with Crippen LogP contribution in [0.2, 0.25) is 0 Å². The molecule has 0 rings (SSSR count). The number of hydrogen-bond donors (Lipinski definition) is 0. The van der Waals surface area contributed by atoms with Gasteiger partial charge < -0.3 is 4.74 Å². The zero-order valence-corrected chi connectivity index (χ0v) is 6.33. The van der Waals surface area contributed by atoms with Gasteiger partial charge in [-0.3, -0.25) is 4.79 Å². The molecule has 0 saturated carbocycles. The van der Waals surface area contributed by atoms with Crippen LogP contribution in [0.5, 0.6) is 0 Å². The summed E-state index contributed by atoms with van der Waals surface area (Å²) >= 11 is 0. The van der Waals surface area contributed by atoms with Crippen LogP contribution in [0.15, 0.2) is 5.18 Å². The predicted octanol–water partition coefficient (Wildman–Crippen LogP) is 0.950. The van der Waals surface area contributed by atoms with Gasteiger partial charge in [-0.15, -0.1) is 0 Å². The van der Waals surface area contributed by atoms with Crippen LogP contribution in [-0.4, -0.2) is 19.1 Å². The maximum Gasteiger partial charge on any atom is 0.310 e. The van der Waals surface area contributed by atoms with Gasteiger partial charge in [0.25, 0.3) is 0 Å². The number of carbonyl (C=O) groups is 1. The van der Waals surface area contributed by atoms with Crippen molar-refractivity contribution in [3.8, 4) is 0 Å². The van der Waals surface area contributed by atoms with E-state index in [1.54, 1.807) is 13.8 Å². The lowest BCUT2D eigenvalue weighted by Gasteiger charge is -2.09. The monoisotopic (exact) mass is 145 g/mol. The van der Waals surface area contributed by atoms with Crippen molar-refractivity contribution in [1.82, 2.24) is 0 Å². The van der Waals surface area contributed by atoms with Gasteiger partial charge >= 0.3 is 5.97 Å². The molecule has 0 heterocycles. The zero-order valence-electron chi connectivity index (χ0n) is 6.33. The van der Waals surface area contributed by atoms with E-state index in [-0.39, 0.29) is 0 Å². The first-order chi connectivity index (χ1) is 4.63. The average Bonchev–Trinajstić information content (AvgIpc) is 2.00. The van der Waals surface area contributed by atoms with Gasteiger partial charge in [0.15, 0.2) is 0 Å². The summed E-state index contributed by atoms with van der Waals surface area (Å²) in [6, 6.07) is -0.507. The quantitative estimate of drug-likeness (QED) is 0.439. The molecule has 0 N–H and O–H groups in total. The molecule has 0 aromatic carbocycles. The molecule has 0 aromatic rings. The highest BCUT2D eigenvalue weighted by atomic mass is 16.5. The summed E-state index contributed by atoms with van der Waals surface area (Å²) in [5.41, 5.74) is 0. The Kier molecular flexibility index (Phi) is 3.61. The van der Waals surface area contributed by atoms with Crippen molar-refractivity contribution >= 4 is 5.97 Å². The van der Waals surface area contributed by atoms with Crippen LogP contribution in [0.25, 0.3) is 0 Å². The molecule has 4 nitrogen and oxygen atoms in total. The Labute approximate surface area is 59.5 Å². The fourth-order valence-electron chi connectivity index (χ4n) is 0.474. The van der Waals surface area contributed by atoms with Crippen molar-refractivity contribution in [2.24, 2.45) is 11.1 Å². The third kappa shape index (κ3) is 2.13. The smallest absolute Gasteiger partial charge is 0.310 e. The second-order valence-corrected chi connectivity index (χ2v) is 2.16. The highest BCUT2D eigenvalue weighted by Crippen LogP contribution is 2.07. The van der Waals surface area contributed by atoms with Gasteiger partial charge in [0.2, 0.25) is 0 Å². The van der Waals surface area contributed by atoms with Crippen molar-refractivity contribution in [1.29, 1.82) is 0 Å². The molecule has 0 unspecified atom stereocenters. The van der Waals surface area contributed by atoms with E-state index in [1.807, 2.05) is 0 Å². The van der Waals surface area contributed by atoms with Crippen LogP contribution >= 0.6 is 0 Å². The SMILES string of the molecule is COC(=O)[C@@H](C)[C@@H](C)N=O. The van der Waals surface area contributed by atoms with Gasteiger partial charge in [0, 0.05) is 0 Å². The van der Waals surface area contributed by atoms with Crippen LogP contribution in [0.3, 0.4) is 0 Å². The molecule has 0 spiro atoms. The lowest BCUT2D eigenvalue weighted by Crippen LogP contribution is -2.22. The van der Waals surface area contributed by atoms with Gasteiger partial charge in [-0.1, -0.05) is 5.18 Å². The Hall–Kier alpha value is -0.930. The Morgan fingerprint density at radius 1 is 1.50 bits per heavy atom. The summed E-state index contributed by atoms with van der Waals surface area (Å²) < 4.78 is 4.40. The number of methoxy groups -OCH3 is 1. The molecule has 0 bridgehead atoms. The molecule has 0 aromatic heterocycles. The van der Waals surface area contributed by atoms with Crippen molar-refractivity contribution in [2.45, 2.75) is 19.9 Å². The van der Waals surface area contributed by atoms with Crippen LogP contribution < -0.4 is 0 Å². The van der Waals surface area contributed by atoms with Crippen LogP contribution in [-0.2, 0) is 9.53 Å². The third-order valence-electron chi connectivity index (χ3n) is 1.46. The van der Waals surface area contributed by atoms with Crippen LogP contribution in [0.1, 0.15) is 13.8 Å². The zero-order chi connectivity index (χ0) is 8.15. The third-order valence-corrected chi connectivity index (χ3v) is 1.46. The largest absolute Gasteiger partial charge is 0.469 e. The van der Waals surface area contributed by atoms with E-state index in [0.29, 0.717) is 0 Å². The molecule has 10 heavy (non-hydrogen) atoms. The Morgan fingerprint density at radius 2 is 2.00 bits per heavy atom. The maximum atomic E-state index is 10.7. The number of nitrogens with zero attached hydrogens (tertiary/aromatic N) is 1. The summed E-state index contributed by atoms with van der Waals surface area (Å²) in [6.07, 6.45) is 0. The van der Waals surface area contributed by atoms with Crippen molar-refractivity contribution < 1.29 is 9.53 Å². The standard InChI is InChI=1S/C6H11NO3/c1-4(5(2)7-9)6(8)10-3/h4-5H,1-3H3/t4-,5+/m0/s1. The Bertz CT molecular complexity index is 135. The van der Waals surface area contributed by atoms with Gasteiger partial charge in [-0.05, 0) is 13.8 Å². The van der Waals surface area contributed by atoms with Crippen molar-refractivity contribution in [3.05, 3.63) is 4.91 Å². The molecule has 0 fully saturated rings. The number of esters is 1. The number of nitroso groups, excluding NO2 is 1. The molecule has 0 aliphatic heterocycles. The fourth-order valence-corrected chi connectivity index (χ4v) is 0.474. The minimum atomic E-state index is -0.507. The van der Waals surface area contributed by atoms with Gasteiger partial charge in [0.1, 0.15) is 6.04 Å². The first kappa shape index (κ1) is 9.07. The molecular formula is C6H11NO3. The molecule has 0 saturated heterocycles. The average molecular weight is 145 g/mol. The van der Waals surface area contributed by atoms with Gasteiger partial charge in [-0.2, -0.15) is 4.91 Å². The normalized spacial score (nSPS) is 15.5. The molecule has 4 heteroatoms. The lowest BCUT2D eigenvalue weighted by atomic mass is 10.1. The van der Waals surface area contributed by atoms with E-state index in [9.17, 15) is 9.70 Å². The number of carbonyl (C=O) groups excluding carboxylic acids is 1. The summed E-state index contributed by atoms with van der Waals surface area (Å²) in [5, 5.41) is 2.71. The minimum absolute atomic E-state index is 0.396. The summed E-state index contributed by atoms with van der Waals surface area (Å²) in [5.74, 6) is -0.838. The van der Waals surface area contributed by atoms with Crippen molar-refractivity contribution in [3.63, 3.8) is 0 Å². The predicted molar refractivity (Wildman–Crippen MR) is 36.4 cm³/mol. The van der Waals surface area contributed by atoms with E-state index in [2.05, 4.69) is 9.91 Å². The molecule has 0 aliphatic carbocycles. The van der Waals surface area contributed by atoms with Crippen LogP contribution in [0, 0.1) is 10.8 Å². The summed E-state index contributed by atoms with van der Waals surface area (Å²) in [7, 11) is 1.29. The number of rotatable bonds is 3. The molecule has 0 amide bonds. The highest BCUT2D eigenvalue weighted by Gasteiger charge is 2.20. The first-order valence-electron chi connectivity index (χ1n) is 3.03. The van der Waals surface area contributed by atoms with E-state index >= 15 is 0 Å². The number of hydrogen-bond acceptors (Lipinski definition) is 4. The van der Waals surface area contributed by atoms with E-state index in [4.69, 9.17) is 0 Å². The maximum absolute atomic E-state index is 10.7. The second-order valence-electron chi connectivity index (χ2n) is 2.16. The summed E-state index contributed by atoms with van der Waals surface area (Å²) in [4.78, 5) is 20.6. The topological polar surface area (TPSA) is 55.7 Å². The van der Waals surface area contributed by atoms with Crippen LogP contribution in [0.4, 0.5) is 0 Å². The summed E-state index contributed by atoms with van der Waals surface area (Å²) in [6.45, 7) is 3.19. The second kappa shape index (κ2) is 3.98. The number of ether oxygens (including phenoxy) is 1. The molecular weight excluding hydrogens is 134 g/mol. The van der Waals surface area contributed by atoms with E-state index in [1.165, 1.54) is 7.11 Å². The highest BCUT2D eigenvalue weighted by molar-refractivity contribution is 5.72. The molecule has 58 valence electrons. The minimum Gasteiger partial charge on any atom is -0.469 e. The molecule has 0 radical (unpaired) electrons. The van der Waals surface area contributed by atoms with Gasteiger partial charge in [-0.25, -0.2) is 0 Å². The lowest BCUT2D eigenvalue weighted by molar-refractivity contribution is -0.145. The molecule has 2 atom stereocenters. The Morgan fingerprint density at radius 3 is 2.30 bits per heavy atom. The Balaban J connectivity index is 3.93. The molecule has 0 aliphatic rings. The van der Waals surface area contributed by atoms with Crippen molar-refractivity contribution in [2.75, 3.05) is 7.11 Å². The van der Waals surface area contributed by atoms with E-state index < -0.39 is 17.9 Å². The fraction of sp³-hybridized carbons (Fsp3) is 0.833. The van der Waals surface area contributed by atoms with E-state index in [0.717, 1.165) is 0 Å². The first-order valence-corrected chi connectivity index (χ1v) is 3.03. The van der Waals surface area contributed by atoms with Gasteiger partial charge in [0.05, 0.1) is 13.0 Å².